The lowest BCUT2D eigenvalue weighted by atomic mass is 10.3. The van der Waals surface area contributed by atoms with Gasteiger partial charge in [-0.15, -0.1) is 11.3 Å². The number of halogens is 2. The molecule has 2 nitrogen and oxygen atoms in total. The summed E-state index contributed by atoms with van der Waals surface area (Å²) in [4.78, 5) is 4.71. The van der Waals surface area contributed by atoms with E-state index in [4.69, 9.17) is 17.3 Å². The third kappa shape index (κ3) is 2.42. The van der Waals surface area contributed by atoms with E-state index >= 15 is 0 Å². The maximum atomic E-state index is 13.2. The zero-order valence-corrected chi connectivity index (χ0v) is 9.80. The van der Waals surface area contributed by atoms with Gasteiger partial charge in [0, 0.05) is 22.2 Å². The van der Waals surface area contributed by atoms with Crippen LogP contribution >= 0.6 is 34.7 Å². The molecule has 0 bridgehead atoms. The molecule has 15 heavy (non-hydrogen) atoms. The molecule has 0 unspecified atom stereocenters. The van der Waals surface area contributed by atoms with Gasteiger partial charge < -0.3 is 5.73 Å². The van der Waals surface area contributed by atoms with E-state index in [1.165, 1.54) is 35.2 Å². The van der Waals surface area contributed by atoms with Gasteiger partial charge in [0.05, 0.1) is 5.02 Å². The van der Waals surface area contributed by atoms with Crippen LogP contribution in [0.5, 0.6) is 0 Å². The molecular weight excluding hydrogens is 255 g/mol. The first-order valence-electron chi connectivity index (χ1n) is 3.98. The molecule has 1 aromatic heterocycles. The van der Waals surface area contributed by atoms with E-state index in [-0.39, 0.29) is 5.02 Å². The van der Waals surface area contributed by atoms with Crippen LogP contribution in [-0.2, 0) is 0 Å². The molecule has 2 aromatic rings. The van der Waals surface area contributed by atoms with Crippen LogP contribution in [0.3, 0.4) is 0 Å². The van der Waals surface area contributed by atoms with Crippen LogP contribution < -0.4 is 5.73 Å². The number of aromatic nitrogens is 1. The molecule has 2 N–H and O–H groups in total. The average Bonchev–Trinajstić information content (AvgIpc) is 2.67. The van der Waals surface area contributed by atoms with Crippen molar-refractivity contribution < 1.29 is 4.39 Å². The Kier molecular flexibility index (Phi) is 3.14. The summed E-state index contributed by atoms with van der Waals surface area (Å²) in [6.45, 7) is 0. The zero-order valence-electron chi connectivity index (χ0n) is 7.41. The summed E-state index contributed by atoms with van der Waals surface area (Å²) in [6.07, 6.45) is 1.69. The minimum atomic E-state index is -0.468. The molecule has 0 saturated heterocycles. The minimum absolute atomic E-state index is 0.0380. The Balaban J connectivity index is 2.33. The smallest absolute Gasteiger partial charge is 0.154 e. The van der Waals surface area contributed by atoms with Crippen molar-refractivity contribution in [1.29, 1.82) is 0 Å². The normalized spacial score (nSPS) is 10.5. The molecule has 0 amide bonds. The fourth-order valence-electron chi connectivity index (χ4n) is 0.987. The van der Waals surface area contributed by atoms with E-state index in [9.17, 15) is 4.39 Å². The number of rotatable bonds is 2. The molecule has 0 fully saturated rings. The van der Waals surface area contributed by atoms with Gasteiger partial charge in [0.25, 0.3) is 0 Å². The number of hydrogen-bond acceptors (Lipinski definition) is 4. The second-order valence-corrected chi connectivity index (χ2v) is 5.30. The van der Waals surface area contributed by atoms with E-state index in [0.29, 0.717) is 10.6 Å². The van der Waals surface area contributed by atoms with Crippen molar-refractivity contribution in [3.63, 3.8) is 0 Å². The molecule has 1 aromatic carbocycles. The van der Waals surface area contributed by atoms with Crippen LogP contribution in [0.15, 0.2) is 32.9 Å². The van der Waals surface area contributed by atoms with Crippen molar-refractivity contribution in [3.05, 3.63) is 34.5 Å². The quantitative estimate of drug-likeness (QED) is 0.838. The lowest BCUT2D eigenvalue weighted by molar-refractivity contribution is 0.625. The summed E-state index contributed by atoms with van der Waals surface area (Å²) in [7, 11) is 0. The number of nitrogen functional groups attached to an aromatic ring is 1. The topological polar surface area (TPSA) is 38.9 Å². The second-order valence-electron chi connectivity index (χ2n) is 2.70. The molecule has 78 valence electrons. The first-order valence-corrected chi connectivity index (χ1v) is 6.06. The second kappa shape index (κ2) is 4.38. The van der Waals surface area contributed by atoms with Crippen LogP contribution in [0.4, 0.5) is 10.1 Å². The maximum Gasteiger partial charge on any atom is 0.154 e. The summed E-state index contributed by atoms with van der Waals surface area (Å²) in [5.41, 5.74) is 6.17. The number of nitrogens with two attached hydrogens (primary N) is 1. The highest BCUT2D eigenvalue weighted by Gasteiger charge is 2.08. The Labute approximate surface area is 99.3 Å². The predicted octanol–water partition coefficient (Wildman–Crippen LogP) is 3.67. The molecule has 0 atom stereocenters. The highest BCUT2D eigenvalue weighted by Crippen LogP contribution is 2.35. The Morgan fingerprint density at radius 1 is 1.47 bits per heavy atom. The lowest BCUT2D eigenvalue weighted by Crippen LogP contribution is -1.90. The molecule has 6 heteroatoms. The number of hydrogen-bond donors (Lipinski definition) is 1. The van der Waals surface area contributed by atoms with Gasteiger partial charge in [0.2, 0.25) is 0 Å². The van der Waals surface area contributed by atoms with E-state index < -0.39 is 5.82 Å². The Morgan fingerprint density at radius 3 is 2.93 bits per heavy atom. The van der Waals surface area contributed by atoms with Crippen LogP contribution in [0.1, 0.15) is 0 Å². The summed E-state index contributed by atoms with van der Waals surface area (Å²) in [5, 5.41) is 1.89. The number of nitrogens with zero attached hydrogens (tertiary/aromatic N) is 1. The van der Waals surface area contributed by atoms with Crippen molar-refractivity contribution in [2.45, 2.75) is 9.24 Å². The summed E-state index contributed by atoms with van der Waals surface area (Å²) < 4.78 is 14.0. The van der Waals surface area contributed by atoms with Gasteiger partial charge in [-0.05, 0) is 12.1 Å². The third-order valence-electron chi connectivity index (χ3n) is 1.66. The van der Waals surface area contributed by atoms with E-state index in [1.807, 2.05) is 5.38 Å². The number of benzene rings is 1. The van der Waals surface area contributed by atoms with Gasteiger partial charge in [0.1, 0.15) is 5.82 Å². The van der Waals surface area contributed by atoms with E-state index in [2.05, 4.69) is 4.98 Å². The molecule has 0 aliphatic rings. The molecule has 2 rings (SSSR count). The van der Waals surface area contributed by atoms with E-state index in [1.54, 1.807) is 6.20 Å². The number of anilines is 1. The van der Waals surface area contributed by atoms with Crippen LogP contribution in [0.25, 0.3) is 0 Å². The van der Waals surface area contributed by atoms with E-state index in [0.717, 1.165) is 4.34 Å². The van der Waals surface area contributed by atoms with Gasteiger partial charge in [-0.1, -0.05) is 23.4 Å². The van der Waals surface area contributed by atoms with Crippen molar-refractivity contribution in [2.24, 2.45) is 0 Å². The third-order valence-corrected chi connectivity index (χ3v) is 3.91. The van der Waals surface area contributed by atoms with Gasteiger partial charge in [-0.3, -0.25) is 0 Å². The minimum Gasteiger partial charge on any atom is -0.398 e. The van der Waals surface area contributed by atoms with Crippen molar-refractivity contribution in [1.82, 2.24) is 4.98 Å². The average molecular weight is 261 g/mol. The highest BCUT2D eigenvalue weighted by atomic mass is 35.5. The molecular formula is C9H6ClFN2S2. The van der Waals surface area contributed by atoms with Gasteiger partial charge in [0.15, 0.2) is 4.34 Å². The van der Waals surface area contributed by atoms with Crippen LogP contribution in [-0.4, -0.2) is 4.98 Å². The Bertz CT molecular complexity index is 473. The Hall–Kier alpha value is -0.780. The monoisotopic (exact) mass is 260 g/mol. The Morgan fingerprint density at radius 2 is 2.27 bits per heavy atom. The predicted molar refractivity (Wildman–Crippen MR) is 62.1 cm³/mol. The fraction of sp³-hybridized carbons (Fsp3) is 0. The van der Waals surface area contributed by atoms with Crippen molar-refractivity contribution in [3.8, 4) is 0 Å². The van der Waals surface area contributed by atoms with Crippen LogP contribution in [0.2, 0.25) is 5.02 Å². The van der Waals surface area contributed by atoms with Gasteiger partial charge >= 0.3 is 0 Å². The van der Waals surface area contributed by atoms with Gasteiger partial charge in [-0.25, -0.2) is 9.37 Å². The van der Waals surface area contributed by atoms with Crippen molar-refractivity contribution in [2.75, 3.05) is 5.73 Å². The molecule has 1 heterocycles. The van der Waals surface area contributed by atoms with Gasteiger partial charge in [-0.2, -0.15) is 0 Å². The zero-order chi connectivity index (χ0) is 10.8. The standard InChI is InChI=1S/C9H6ClFN2S2/c10-5-3-7(12)8(4-6(5)11)15-9-13-1-2-14-9/h1-4H,12H2. The summed E-state index contributed by atoms with van der Waals surface area (Å²) >= 11 is 8.40. The summed E-state index contributed by atoms with van der Waals surface area (Å²) in [6, 6.07) is 2.73. The highest BCUT2D eigenvalue weighted by molar-refractivity contribution is 8.01. The maximum absolute atomic E-state index is 13.2. The van der Waals surface area contributed by atoms with Crippen molar-refractivity contribution >= 4 is 40.4 Å². The summed E-state index contributed by atoms with van der Waals surface area (Å²) in [5.74, 6) is -0.468. The molecule has 0 saturated carbocycles. The molecule has 0 aliphatic heterocycles. The first kappa shape index (κ1) is 10.7. The number of thiazole rings is 1. The fourth-order valence-corrected chi connectivity index (χ4v) is 2.79. The molecule has 0 spiro atoms. The SMILES string of the molecule is Nc1cc(Cl)c(F)cc1Sc1nccs1. The molecule has 0 aliphatic carbocycles. The molecule has 0 radical (unpaired) electrons. The first-order chi connectivity index (χ1) is 7.16. The largest absolute Gasteiger partial charge is 0.398 e. The lowest BCUT2D eigenvalue weighted by Gasteiger charge is -2.04. The van der Waals surface area contributed by atoms with Crippen LogP contribution in [0, 0.1) is 5.82 Å².